The molecule has 0 saturated heterocycles. The van der Waals surface area contributed by atoms with Gasteiger partial charge in [0.1, 0.15) is 0 Å². The zero-order valence-corrected chi connectivity index (χ0v) is 14.4. The maximum atomic E-state index is 10.1. The van der Waals surface area contributed by atoms with Gasteiger partial charge in [0.25, 0.3) is 0 Å². The van der Waals surface area contributed by atoms with Gasteiger partial charge in [-0.1, -0.05) is 32.9 Å². The lowest BCUT2D eigenvalue weighted by molar-refractivity contribution is 0.0613. The summed E-state index contributed by atoms with van der Waals surface area (Å²) in [6, 6.07) is 3.86. The van der Waals surface area contributed by atoms with Gasteiger partial charge in [-0.05, 0) is 30.5 Å². The first-order chi connectivity index (χ1) is 10.2. The van der Waals surface area contributed by atoms with E-state index in [0.29, 0.717) is 18.7 Å². The van der Waals surface area contributed by atoms with Crippen molar-refractivity contribution in [1.29, 1.82) is 0 Å². The van der Waals surface area contributed by atoms with Crippen LogP contribution < -0.4 is 4.74 Å². The van der Waals surface area contributed by atoms with Gasteiger partial charge in [0.2, 0.25) is 0 Å². The van der Waals surface area contributed by atoms with E-state index < -0.39 is 0 Å². The first-order valence-corrected chi connectivity index (χ1v) is 7.55. The van der Waals surface area contributed by atoms with Crippen LogP contribution in [0.5, 0.6) is 11.5 Å². The molecule has 1 unspecified atom stereocenters. The molecule has 0 fully saturated rings. The van der Waals surface area contributed by atoms with Gasteiger partial charge in [-0.3, -0.25) is 4.90 Å². The minimum absolute atomic E-state index is 0.0194. The predicted molar refractivity (Wildman–Crippen MR) is 90.4 cm³/mol. The fourth-order valence-corrected chi connectivity index (χ4v) is 2.76. The Labute approximate surface area is 134 Å². The molecule has 0 heterocycles. The second-order valence-electron chi connectivity index (χ2n) is 6.78. The number of benzene rings is 1. The quantitative estimate of drug-likeness (QED) is 0.761. The zero-order chi connectivity index (χ0) is 16.9. The molecule has 1 aromatic rings. The summed E-state index contributed by atoms with van der Waals surface area (Å²) in [6.45, 7) is 10.8. The summed E-state index contributed by atoms with van der Waals surface area (Å²) in [5.74, 6) is 0.641. The van der Waals surface area contributed by atoms with Crippen LogP contribution in [0.15, 0.2) is 24.8 Å². The third-order valence-electron chi connectivity index (χ3n) is 3.93. The summed E-state index contributed by atoms with van der Waals surface area (Å²) in [6.07, 6.45) is 2.34. The molecule has 0 spiro atoms. The summed E-state index contributed by atoms with van der Waals surface area (Å²) in [5.41, 5.74) is 1.82. The third-order valence-corrected chi connectivity index (χ3v) is 3.93. The molecular formula is C18H29NO3. The maximum Gasteiger partial charge on any atom is 0.161 e. The third kappa shape index (κ3) is 4.49. The normalized spacial score (nSPS) is 13.2. The van der Waals surface area contributed by atoms with E-state index in [2.05, 4.69) is 32.3 Å². The fraction of sp³-hybridized carbons (Fsp3) is 0.556. The van der Waals surface area contributed by atoms with Gasteiger partial charge in [-0.2, -0.15) is 0 Å². The number of aliphatic hydroxyl groups excluding tert-OH is 1. The van der Waals surface area contributed by atoms with Crippen molar-refractivity contribution in [3.63, 3.8) is 0 Å². The average Bonchev–Trinajstić information content (AvgIpc) is 2.41. The Morgan fingerprint density at radius 3 is 2.45 bits per heavy atom. The standard InChI is InChI=1S/C18H29NO3/c1-7-8-14-9-13(10-15(22-6)17(14)21)11-19(5)16(12-20)18(2,3)4/h7,9-10,16,20-21H,1,8,11-12H2,2-6H3. The van der Waals surface area contributed by atoms with E-state index in [9.17, 15) is 10.2 Å². The Hall–Kier alpha value is -1.52. The molecule has 0 bridgehead atoms. The van der Waals surface area contributed by atoms with Crippen molar-refractivity contribution in [2.45, 2.75) is 39.8 Å². The molecule has 0 aliphatic heterocycles. The van der Waals surface area contributed by atoms with Crippen LogP contribution in [0.2, 0.25) is 0 Å². The van der Waals surface area contributed by atoms with Crippen LogP contribution in [0.4, 0.5) is 0 Å². The smallest absolute Gasteiger partial charge is 0.161 e. The molecule has 4 nitrogen and oxygen atoms in total. The number of aromatic hydroxyl groups is 1. The van der Waals surface area contributed by atoms with E-state index in [1.165, 1.54) is 0 Å². The lowest BCUT2D eigenvalue weighted by Crippen LogP contribution is -2.43. The molecule has 124 valence electrons. The predicted octanol–water partition coefficient (Wildman–Crippen LogP) is 2.97. The minimum atomic E-state index is -0.0194. The van der Waals surface area contributed by atoms with Crippen LogP contribution in [0, 0.1) is 5.41 Å². The lowest BCUT2D eigenvalue weighted by atomic mass is 9.86. The van der Waals surface area contributed by atoms with Gasteiger partial charge in [0.15, 0.2) is 11.5 Å². The molecule has 0 saturated carbocycles. The number of methoxy groups -OCH3 is 1. The van der Waals surface area contributed by atoms with Crippen LogP contribution in [-0.2, 0) is 13.0 Å². The minimum Gasteiger partial charge on any atom is -0.504 e. The molecule has 22 heavy (non-hydrogen) atoms. The van der Waals surface area contributed by atoms with Gasteiger partial charge < -0.3 is 14.9 Å². The number of phenolic OH excluding ortho intramolecular Hbond substituents is 1. The van der Waals surface area contributed by atoms with Crippen LogP contribution in [0.3, 0.4) is 0 Å². The molecule has 0 aromatic heterocycles. The summed E-state index contributed by atoms with van der Waals surface area (Å²) >= 11 is 0. The molecule has 0 radical (unpaired) electrons. The van der Waals surface area contributed by atoms with Crippen LogP contribution in [-0.4, -0.2) is 41.9 Å². The first-order valence-electron chi connectivity index (χ1n) is 7.55. The second kappa shape index (κ2) is 7.65. The van der Waals surface area contributed by atoms with Crippen molar-refractivity contribution < 1.29 is 14.9 Å². The van der Waals surface area contributed by atoms with Gasteiger partial charge in [0, 0.05) is 18.2 Å². The molecule has 0 aliphatic carbocycles. The van der Waals surface area contributed by atoms with E-state index in [1.807, 2.05) is 19.2 Å². The second-order valence-corrected chi connectivity index (χ2v) is 6.78. The highest BCUT2D eigenvalue weighted by molar-refractivity contribution is 5.49. The number of phenols is 1. The number of rotatable bonds is 7. The van der Waals surface area contributed by atoms with Crippen molar-refractivity contribution in [1.82, 2.24) is 4.90 Å². The van der Waals surface area contributed by atoms with Crippen molar-refractivity contribution >= 4 is 0 Å². The van der Waals surface area contributed by atoms with E-state index in [0.717, 1.165) is 11.1 Å². The van der Waals surface area contributed by atoms with E-state index >= 15 is 0 Å². The first kappa shape index (κ1) is 18.5. The Morgan fingerprint density at radius 2 is 2.00 bits per heavy atom. The number of likely N-dealkylation sites (N-methyl/N-ethyl adjacent to an activating group) is 1. The van der Waals surface area contributed by atoms with Crippen molar-refractivity contribution in [2.75, 3.05) is 20.8 Å². The molecule has 0 amide bonds. The summed E-state index contributed by atoms with van der Waals surface area (Å²) in [4.78, 5) is 2.13. The van der Waals surface area contributed by atoms with E-state index in [4.69, 9.17) is 4.74 Å². The van der Waals surface area contributed by atoms with Crippen LogP contribution >= 0.6 is 0 Å². The number of nitrogens with zero attached hydrogens (tertiary/aromatic N) is 1. The van der Waals surface area contributed by atoms with E-state index in [1.54, 1.807) is 13.2 Å². The molecular weight excluding hydrogens is 278 g/mol. The summed E-state index contributed by atoms with van der Waals surface area (Å²) in [7, 11) is 3.55. The zero-order valence-electron chi connectivity index (χ0n) is 14.4. The van der Waals surface area contributed by atoms with Crippen molar-refractivity contribution in [3.8, 4) is 11.5 Å². The van der Waals surface area contributed by atoms with Crippen LogP contribution in [0.25, 0.3) is 0 Å². The van der Waals surface area contributed by atoms with E-state index in [-0.39, 0.29) is 23.8 Å². The highest BCUT2D eigenvalue weighted by Gasteiger charge is 2.27. The highest BCUT2D eigenvalue weighted by Crippen LogP contribution is 2.33. The molecule has 2 N–H and O–H groups in total. The molecule has 0 aliphatic rings. The monoisotopic (exact) mass is 307 g/mol. The number of hydrogen-bond donors (Lipinski definition) is 2. The Morgan fingerprint density at radius 1 is 1.36 bits per heavy atom. The van der Waals surface area contributed by atoms with Crippen LogP contribution in [0.1, 0.15) is 31.9 Å². The number of ether oxygens (including phenoxy) is 1. The van der Waals surface area contributed by atoms with Gasteiger partial charge >= 0.3 is 0 Å². The lowest BCUT2D eigenvalue weighted by Gasteiger charge is -2.37. The SMILES string of the molecule is C=CCc1cc(CN(C)C(CO)C(C)(C)C)cc(OC)c1O. The summed E-state index contributed by atoms with van der Waals surface area (Å²) < 4.78 is 5.26. The number of hydrogen-bond acceptors (Lipinski definition) is 4. The van der Waals surface area contributed by atoms with Crippen molar-refractivity contribution in [3.05, 3.63) is 35.9 Å². The molecule has 1 rings (SSSR count). The Kier molecular flexibility index (Phi) is 6.45. The molecule has 1 aromatic carbocycles. The molecule has 1 atom stereocenters. The topological polar surface area (TPSA) is 52.9 Å². The average molecular weight is 307 g/mol. The summed E-state index contributed by atoms with van der Waals surface area (Å²) in [5, 5.41) is 19.8. The molecule has 4 heteroatoms. The Bertz CT molecular complexity index is 506. The largest absolute Gasteiger partial charge is 0.504 e. The van der Waals surface area contributed by atoms with Gasteiger partial charge in [0.05, 0.1) is 13.7 Å². The number of allylic oxidation sites excluding steroid dienone is 1. The fourth-order valence-electron chi connectivity index (χ4n) is 2.76. The van der Waals surface area contributed by atoms with Gasteiger partial charge in [-0.25, -0.2) is 0 Å². The number of aliphatic hydroxyl groups is 1. The van der Waals surface area contributed by atoms with Crippen molar-refractivity contribution in [2.24, 2.45) is 5.41 Å². The highest BCUT2D eigenvalue weighted by atomic mass is 16.5. The Balaban J connectivity index is 3.06. The van der Waals surface area contributed by atoms with Gasteiger partial charge in [-0.15, -0.1) is 6.58 Å². The maximum absolute atomic E-state index is 10.1.